The summed E-state index contributed by atoms with van der Waals surface area (Å²) in [6, 6.07) is 14.6. The Morgan fingerprint density at radius 3 is 2.60 bits per heavy atom. The number of fused-ring (bicyclic) bond motifs is 1. The molecule has 0 amide bonds. The Balaban J connectivity index is 1.74. The van der Waals surface area contributed by atoms with Crippen molar-refractivity contribution in [1.82, 2.24) is 9.97 Å². The third-order valence-electron chi connectivity index (χ3n) is 3.64. The van der Waals surface area contributed by atoms with Crippen molar-refractivity contribution in [2.45, 2.75) is 0 Å². The zero-order chi connectivity index (χ0) is 17.4. The molecule has 0 radical (unpaired) electrons. The number of thiophene rings is 1. The molecule has 0 aliphatic heterocycles. The van der Waals surface area contributed by atoms with Crippen molar-refractivity contribution in [1.29, 1.82) is 0 Å². The van der Waals surface area contributed by atoms with Crippen LogP contribution in [0.1, 0.15) is 0 Å². The minimum atomic E-state index is -0.451. The van der Waals surface area contributed by atoms with Crippen LogP contribution in [0.2, 0.25) is 5.02 Å². The van der Waals surface area contributed by atoms with E-state index in [-0.39, 0.29) is 5.02 Å². The average molecular weight is 435 g/mol. The van der Waals surface area contributed by atoms with E-state index in [1.807, 2.05) is 12.1 Å². The van der Waals surface area contributed by atoms with Gasteiger partial charge in [-0.1, -0.05) is 39.7 Å². The molecule has 3 nitrogen and oxygen atoms in total. The van der Waals surface area contributed by atoms with Gasteiger partial charge in [0.25, 0.3) is 0 Å². The number of anilines is 2. The molecule has 4 aromatic rings. The third-order valence-corrected chi connectivity index (χ3v) is 5.55. The summed E-state index contributed by atoms with van der Waals surface area (Å²) in [7, 11) is 0. The largest absolute Gasteiger partial charge is 0.340 e. The van der Waals surface area contributed by atoms with Gasteiger partial charge in [0.15, 0.2) is 0 Å². The summed E-state index contributed by atoms with van der Waals surface area (Å²) in [4.78, 5) is 10.6. The number of halogens is 3. The number of nitrogens with zero attached hydrogens (tertiary/aromatic N) is 2. The Morgan fingerprint density at radius 2 is 1.84 bits per heavy atom. The number of rotatable bonds is 3. The van der Waals surface area contributed by atoms with E-state index in [4.69, 9.17) is 11.6 Å². The van der Waals surface area contributed by atoms with Crippen molar-refractivity contribution in [3.8, 4) is 10.4 Å². The molecule has 0 aliphatic carbocycles. The normalized spacial score (nSPS) is 11.0. The highest BCUT2D eigenvalue weighted by Crippen LogP contribution is 2.36. The summed E-state index contributed by atoms with van der Waals surface area (Å²) in [5.41, 5.74) is 1.78. The van der Waals surface area contributed by atoms with Crippen LogP contribution in [0.15, 0.2) is 59.3 Å². The van der Waals surface area contributed by atoms with E-state index in [9.17, 15) is 4.39 Å². The zero-order valence-electron chi connectivity index (χ0n) is 12.6. The van der Waals surface area contributed by atoms with E-state index in [1.165, 1.54) is 18.5 Å². The predicted molar refractivity (Wildman–Crippen MR) is 105 cm³/mol. The van der Waals surface area contributed by atoms with E-state index >= 15 is 0 Å². The minimum Gasteiger partial charge on any atom is -0.340 e. The second kappa shape index (κ2) is 6.71. The molecule has 2 aromatic carbocycles. The molecule has 0 aliphatic rings. The number of benzene rings is 2. The molecule has 0 spiro atoms. The summed E-state index contributed by atoms with van der Waals surface area (Å²) < 4.78 is 14.4. The number of hydrogen-bond acceptors (Lipinski definition) is 4. The molecular formula is C18H10BrClFN3S. The SMILES string of the molecule is Fc1ccc(Nc2ncnc3sc(-c4ccc(Br)cc4)cc23)cc1Cl. The van der Waals surface area contributed by atoms with Crippen molar-refractivity contribution in [2.75, 3.05) is 5.32 Å². The van der Waals surface area contributed by atoms with Gasteiger partial charge in [-0.25, -0.2) is 14.4 Å². The van der Waals surface area contributed by atoms with Gasteiger partial charge in [-0.2, -0.15) is 0 Å². The maximum Gasteiger partial charge on any atom is 0.142 e. The van der Waals surface area contributed by atoms with E-state index in [0.717, 1.165) is 25.1 Å². The van der Waals surface area contributed by atoms with Crippen molar-refractivity contribution in [3.05, 3.63) is 70.2 Å². The molecule has 0 fully saturated rings. The molecule has 4 rings (SSSR count). The topological polar surface area (TPSA) is 37.8 Å². The van der Waals surface area contributed by atoms with Crippen LogP contribution in [-0.4, -0.2) is 9.97 Å². The summed E-state index contributed by atoms with van der Waals surface area (Å²) in [5.74, 6) is 0.209. The zero-order valence-corrected chi connectivity index (χ0v) is 15.8. The van der Waals surface area contributed by atoms with Crippen molar-refractivity contribution < 1.29 is 4.39 Å². The number of hydrogen-bond donors (Lipinski definition) is 1. The maximum atomic E-state index is 13.3. The van der Waals surface area contributed by atoms with Gasteiger partial charge in [-0.3, -0.25) is 0 Å². The van der Waals surface area contributed by atoms with Crippen LogP contribution in [0.3, 0.4) is 0 Å². The second-order valence-electron chi connectivity index (χ2n) is 5.31. The third kappa shape index (κ3) is 3.38. The van der Waals surface area contributed by atoms with E-state index < -0.39 is 5.82 Å². The lowest BCUT2D eigenvalue weighted by atomic mass is 10.2. The first-order valence-corrected chi connectivity index (χ1v) is 9.31. The Morgan fingerprint density at radius 1 is 1.04 bits per heavy atom. The van der Waals surface area contributed by atoms with Crippen LogP contribution in [0.5, 0.6) is 0 Å². The van der Waals surface area contributed by atoms with Crippen LogP contribution in [0, 0.1) is 5.82 Å². The predicted octanol–water partition coefficient (Wildman–Crippen LogP) is 6.66. The number of aromatic nitrogens is 2. The molecule has 0 saturated heterocycles. The first-order chi connectivity index (χ1) is 12.1. The van der Waals surface area contributed by atoms with Crippen molar-refractivity contribution >= 4 is 60.6 Å². The molecular weight excluding hydrogens is 425 g/mol. The monoisotopic (exact) mass is 433 g/mol. The highest BCUT2D eigenvalue weighted by Gasteiger charge is 2.11. The van der Waals surface area contributed by atoms with Gasteiger partial charge in [-0.15, -0.1) is 11.3 Å². The number of nitrogens with one attached hydrogen (secondary N) is 1. The Kier molecular flexibility index (Phi) is 4.41. The van der Waals surface area contributed by atoms with Gasteiger partial charge in [0.2, 0.25) is 0 Å². The average Bonchev–Trinajstić information content (AvgIpc) is 3.04. The van der Waals surface area contributed by atoms with Crippen LogP contribution < -0.4 is 5.32 Å². The van der Waals surface area contributed by atoms with Gasteiger partial charge >= 0.3 is 0 Å². The highest BCUT2D eigenvalue weighted by molar-refractivity contribution is 9.10. The second-order valence-corrected chi connectivity index (χ2v) is 7.67. The quantitative estimate of drug-likeness (QED) is 0.392. The fraction of sp³-hybridized carbons (Fsp3) is 0. The molecule has 2 aromatic heterocycles. The van der Waals surface area contributed by atoms with Crippen molar-refractivity contribution in [2.24, 2.45) is 0 Å². The van der Waals surface area contributed by atoms with Crippen molar-refractivity contribution in [3.63, 3.8) is 0 Å². The first kappa shape index (κ1) is 16.4. The maximum absolute atomic E-state index is 13.3. The van der Waals surface area contributed by atoms with E-state index in [0.29, 0.717) is 11.5 Å². The fourth-order valence-electron chi connectivity index (χ4n) is 2.42. The molecule has 124 valence electrons. The Bertz CT molecular complexity index is 1070. The molecule has 1 N–H and O–H groups in total. The van der Waals surface area contributed by atoms with Crippen LogP contribution in [0.25, 0.3) is 20.7 Å². The van der Waals surface area contributed by atoms with E-state index in [1.54, 1.807) is 17.4 Å². The Labute approximate surface area is 160 Å². The minimum absolute atomic E-state index is 0.0659. The van der Waals surface area contributed by atoms with Gasteiger partial charge in [0.05, 0.1) is 10.4 Å². The fourth-order valence-corrected chi connectivity index (χ4v) is 3.87. The highest BCUT2D eigenvalue weighted by atomic mass is 79.9. The lowest BCUT2D eigenvalue weighted by Crippen LogP contribution is -1.95. The van der Waals surface area contributed by atoms with Gasteiger partial charge < -0.3 is 5.32 Å². The molecule has 0 unspecified atom stereocenters. The van der Waals surface area contributed by atoms with Gasteiger partial charge in [0.1, 0.15) is 22.8 Å². The Hall–Kier alpha value is -2.02. The van der Waals surface area contributed by atoms with Gasteiger partial charge in [-0.05, 0) is 42.0 Å². The summed E-state index contributed by atoms with van der Waals surface area (Å²) >= 11 is 10.9. The standard InChI is InChI=1S/C18H10BrClFN3S/c19-11-3-1-10(2-4-11)16-8-13-17(22-9-23-18(13)25-16)24-12-5-6-15(21)14(20)7-12/h1-9H,(H,22,23,24). The molecule has 0 atom stereocenters. The smallest absolute Gasteiger partial charge is 0.142 e. The van der Waals surface area contributed by atoms with Crippen LogP contribution >= 0.6 is 38.9 Å². The molecule has 2 heterocycles. The summed E-state index contributed by atoms with van der Waals surface area (Å²) in [5, 5.41) is 4.16. The molecule has 0 saturated carbocycles. The first-order valence-electron chi connectivity index (χ1n) is 7.33. The summed E-state index contributed by atoms with van der Waals surface area (Å²) in [6.07, 6.45) is 1.51. The van der Waals surface area contributed by atoms with Crippen LogP contribution in [0.4, 0.5) is 15.9 Å². The molecule has 7 heteroatoms. The van der Waals surface area contributed by atoms with Crippen LogP contribution in [-0.2, 0) is 0 Å². The molecule has 25 heavy (non-hydrogen) atoms. The lowest BCUT2D eigenvalue weighted by Gasteiger charge is -2.06. The van der Waals surface area contributed by atoms with Gasteiger partial charge in [0, 0.05) is 15.0 Å². The van der Waals surface area contributed by atoms with E-state index in [2.05, 4.69) is 49.4 Å². The summed E-state index contributed by atoms with van der Waals surface area (Å²) in [6.45, 7) is 0. The molecule has 0 bridgehead atoms. The lowest BCUT2D eigenvalue weighted by molar-refractivity contribution is 0.628.